The number of nitrogens with zero attached hydrogens (tertiary/aromatic N) is 1. The zero-order valence-corrected chi connectivity index (χ0v) is 8.99. The number of piperidine rings is 1. The molecule has 0 aromatic carbocycles. The average Bonchev–Trinajstić information content (AvgIpc) is 2.26. The van der Waals surface area contributed by atoms with Crippen LogP contribution < -0.4 is 16.5 Å². The highest BCUT2D eigenvalue weighted by Gasteiger charge is 2.25. The van der Waals surface area contributed by atoms with Gasteiger partial charge in [-0.05, 0) is 26.3 Å². The lowest BCUT2D eigenvalue weighted by atomic mass is 10.1. The van der Waals surface area contributed by atoms with Crippen LogP contribution in [0, 0.1) is 5.41 Å². The first-order valence-corrected chi connectivity index (χ1v) is 5.20. The van der Waals surface area contributed by atoms with Gasteiger partial charge in [0.15, 0.2) is 0 Å². The van der Waals surface area contributed by atoms with Gasteiger partial charge in [-0.15, -0.1) is 0 Å². The van der Waals surface area contributed by atoms with Gasteiger partial charge < -0.3 is 15.8 Å². The van der Waals surface area contributed by atoms with E-state index in [0.717, 1.165) is 32.2 Å². The van der Waals surface area contributed by atoms with Gasteiger partial charge in [0.05, 0.1) is 6.04 Å². The third-order valence-electron chi connectivity index (χ3n) is 2.55. The highest BCUT2D eigenvalue weighted by atomic mass is 16.1. The van der Waals surface area contributed by atoms with Crippen LogP contribution >= 0.6 is 0 Å². The van der Waals surface area contributed by atoms with Crippen molar-refractivity contribution in [2.24, 2.45) is 5.73 Å². The fourth-order valence-electron chi connectivity index (χ4n) is 1.80. The third-order valence-corrected chi connectivity index (χ3v) is 2.55. The molecular formula is C9H19N5O. The Bertz CT molecular complexity index is 227. The smallest absolute Gasteiger partial charge is 0.200 e. The predicted molar refractivity (Wildman–Crippen MR) is 58.3 cm³/mol. The summed E-state index contributed by atoms with van der Waals surface area (Å²) in [4.78, 5) is 10.8. The van der Waals surface area contributed by atoms with Gasteiger partial charge >= 0.3 is 0 Å². The van der Waals surface area contributed by atoms with Gasteiger partial charge in [-0.25, -0.2) is 5.01 Å². The second kappa shape index (κ2) is 5.67. The molecular weight excluding hydrogens is 194 g/mol. The van der Waals surface area contributed by atoms with E-state index in [9.17, 15) is 4.79 Å². The van der Waals surface area contributed by atoms with E-state index in [0.29, 0.717) is 0 Å². The van der Waals surface area contributed by atoms with Crippen molar-refractivity contribution in [3.63, 3.8) is 0 Å². The van der Waals surface area contributed by atoms with Crippen LogP contribution in [-0.2, 0) is 4.79 Å². The number of hydrazine groups is 1. The Labute approximate surface area is 89.7 Å². The highest BCUT2D eigenvalue weighted by molar-refractivity contribution is 5.74. The van der Waals surface area contributed by atoms with E-state index in [1.165, 1.54) is 0 Å². The van der Waals surface area contributed by atoms with Crippen LogP contribution in [0.2, 0.25) is 0 Å². The second-order valence-corrected chi connectivity index (χ2v) is 3.81. The summed E-state index contributed by atoms with van der Waals surface area (Å²) in [6, 6.07) is -0.0679. The van der Waals surface area contributed by atoms with Crippen molar-refractivity contribution in [3.8, 4) is 0 Å². The van der Waals surface area contributed by atoms with Crippen LogP contribution in [0.5, 0.6) is 0 Å². The molecule has 0 radical (unpaired) electrons. The molecule has 0 saturated carbocycles. The first-order valence-electron chi connectivity index (χ1n) is 5.20. The minimum atomic E-state index is -0.279. The summed E-state index contributed by atoms with van der Waals surface area (Å²) in [6.45, 7) is 3.62. The number of aldehydes is 1. The maximum Gasteiger partial charge on any atom is 0.200 e. The van der Waals surface area contributed by atoms with Gasteiger partial charge in [0.1, 0.15) is 6.29 Å². The topological polar surface area (TPSA) is 94.2 Å². The van der Waals surface area contributed by atoms with Gasteiger partial charge in [0, 0.05) is 12.6 Å². The minimum Gasteiger partial charge on any atom is -0.369 e. The maximum absolute atomic E-state index is 10.8. The average molecular weight is 213 g/mol. The molecule has 5 N–H and O–H groups in total. The van der Waals surface area contributed by atoms with Crippen molar-refractivity contribution in [3.05, 3.63) is 0 Å². The monoisotopic (exact) mass is 213 g/mol. The van der Waals surface area contributed by atoms with Crippen molar-refractivity contribution in [1.29, 1.82) is 5.41 Å². The lowest BCUT2D eigenvalue weighted by Crippen LogP contribution is -2.59. The van der Waals surface area contributed by atoms with E-state index in [1.54, 1.807) is 11.9 Å². The van der Waals surface area contributed by atoms with Gasteiger partial charge in [-0.1, -0.05) is 0 Å². The molecule has 86 valence electrons. The van der Waals surface area contributed by atoms with Crippen molar-refractivity contribution in [2.45, 2.75) is 31.8 Å². The Morgan fingerprint density at radius 3 is 3.00 bits per heavy atom. The van der Waals surface area contributed by atoms with Crippen LogP contribution in [0.25, 0.3) is 0 Å². The van der Waals surface area contributed by atoms with E-state index < -0.39 is 0 Å². The van der Waals surface area contributed by atoms with E-state index in [-0.39, 0.29) is 18.0 Å². The number of guanidine groups is 1. The number of carbonyl (C=O) groups is 1. The van der Waals surface area contributed by atoms with E-state index in [4.69, 9.17) is 11.1 Å². The minimum absolute atomic E-state index is 0.130. The fourth-order valence-corrected chi connectivity index (χ4v) is 1.80. The molecule has 1 fully saturated rings. The Balaban J connectivity index is 2.60. The highest BCUT2D eigenvalue weighted by Crippen LogP contribution is 2.10. The summed E-state index contributed by atoms with van der Waals surface area (Å²) in [6.07, 6.45) is 2.93. The Morgan fingerprint density at radius 1 is 1.80 bits per heavy atom. The van der Waals surface area contributed by atoms with Gasteiger partial charge in [0.25, 0.3) is 0 Å². The molecule has 0 bridgehead atoms. The second-order valence-electron chi connectivity index (χ2n) is 3.81. The number of hydrogen-bond donors (Lipinski definition) is 4. The third kappa shape index (κ3) is 3.49. The number of nitrogens with one attached hydrogen (secondary N) is 3. The molecule has 0 aromatic heterocycles. The number of nitrogens with two attached hydrogens (primary N) is 1. The molecule has 2 atom stereocenters. The summed E-state index contributed by atoms with van der Waals surface area (Å²) in [7, 11) is 0. The first-order chi connectivity index (χ1) is 7.15. The first kappa shape index (κ1) is 11.9. The molecule has 0 aliphatic carbocycles. The standard InChI is InChI=1S/C9H19N5O/c1-7(6-15)14(13-9(10)11)8-3-2-4-12-5-8/h6-8,12H,2-5H2,1H3,(H4,10,11,13). The van der Waals surface area contributed by atoms with Gasteiger partial charge in [-0.3, -0.25) is 10.8 Å². The van der Waals surface area contributed by atoms with E-state index in [2.05, 4.69) is 10.7 Å². The van der Waals surface area contributed by atoms with Crippen molar-refractivity contribution in [1.82, 2.24) is 15.8 Å². The molecule has 1 saturated heterocycles. The Morgan fingerprint density at radius 2 is 2.53 bits per heavy atom. The van der Waals surface area contributed by atoms with Crippen LogP contribution in [0.3, 0.4) is 0 Å². The molecule has 1 aliphatic rings. The molecule has 6 nitrogen and oxygen atoms in total. The predicted octanol–water partition coefficient (Wildman–Crippen LogP) is -0.974. The SMILES string of the molecule is CC(C=O)N(NC(=N)N)C1CCCNC1. The van der Waals surface area contributed by atoms with Crippen molar-refractivity contribution in [2.75, 3.05) is 13.1 Å². The lowest BCUT2D eigenvalue weighted by molar-refractivity contribution is -0.113. The molecule has 15 heavy (non-hydrogen) atoms. The zero-order chi connectivity index (χ0) is 11.3. The van der Waals surface area contributed by atoms with E-state index in [1.807, 2.05) is 0 Å². The summed E-state index contributed by atoms with van der Waals surface area (Å²) in [5.74, 6) is -0.130. The van der Waals surface area contributed by atoms with Crippen LogP contribution in [-0.4, -0.2) is 42.4 Å². The lowest BCUT2D eigenvalue weighted by Gasteiger charge is -2.36. The van der Waals surface area contributed by atoms with Crippen LogP contribution in [0.15, 0.2) is 0 Å². The summed E-state index contributed by atoms with van der Waals surface area (Å²) in [5.41, 5.74) is 8.01. The Hall–Kier alpha value is -1.14. The van der Waals surface area contributed by atoms with Crippen LogP contribution in [0.4, 0.5) is 0 Å². The molecule has 1 aliphatic heterocycles. The normalized spacial score (nSPS) is 23.5. The molecule has 2 unspecified atom stereocenters. The zero-order valence-electron chi connectivity index (χ0n) is 8.99. The van der Waals surface area contributed by atoms with Gasteiger partial charge in [-0.2, -0.15) is 0 Å². The fraction of sp³-hybridized carbons (Fsp3) is 0.778. The Kier molecular flexibility index (Phi) is 4.51. The summed E-state index contributed by atoms with van der Waals surface area (Å²) < 4.78 is 0. The van der Waals surface area contributed by atoms with Crippen LogP contribution in [0.1, 0.15) is 19.8 Å². The molecule has 6 heteroatoms. The quantitative estimate of drug-likeness (QED) is 0.208. The van der Waals surface area contributed by atoms with Crippen molar-refractivity contribution < 1.29 is 4.79 Å². The summed E-state index contributed by atoms with van der Waals surface area (Å²) in [5, 5.41) is 12.2. The molecule has 0 aromatic rings. The molecule has 0 amide bonds. The maximum atomic E-state index is 10.8. The number of rotatable bonds is 4. The number of carbonyl (C=O) groups excluding carboxylic acids is 1. The van der Waals surface area contributed by atoms with Crippen molar-refractivity contribution >= 4 is 12.2 Å². The van der Waals surface area contributed by atoms with E-state index >= 15 is 0 Å². The molecule has 1 rings (SSSR count). The van der Waals surface area contributed by atoms with Gasteiger partial charge in [0.2, 0.25) is 5.96 Å². The largest absolute Gasteiger partial charge is 0.369 e. The summed E-state index contributed by atoms with van der Waals surface area (Å²) >= 11 is 0. The molecule has 1 heterocycles. The number of hydrogen-bond acceptors (Lipinski definition) is 4. The molecule has 0 spiro atoms.